The van der Waals surface area contributed by atoms with Crippen molar-refractivity contribution in [2.75, 3.05) is 0 Å². The number of hydrogen-bond acceptors (Lipinski definition) is 2. The molecule has 0 fully saturated rings. The van der Waals surface area contributed by atoms with Gasteiger partial charge in [0.25, 0.3) is 0 Å². The van der Waals surface area contributed by atoms with Crippen molar-refractivity contribution in [2.45, 2.75) is 20.5 Å². The highest BCUT2D eigenvalue weighted by molar-refractivity contribution is 5.36. The molecule has 18 heavy (non-hydrogen) atoms. The molecule has 2 aromatic carbocycles. The summed E-state index contributed by atoms with van der Waals surface area (Å²) in [4.78, 5) is 0. The van der Waals surface area contributed by atoms with Gasteiger partial charge in [0.05, 0.1) is 11.6 Å². The number of rotatable bonds is 3. The van der Waals surface area contributed by atoms with Crippen molar-refractivity contribution in [3.05, 3.63) is 64.7 Å². The first-order valence-corrected chi connectivity index (χ1v) is 5.88. The molecule has 0 saturated carbocycles. The highest BCUT2D eigenvalue weighted by Crippen LogP contribution is 2.16. The average molecular weight is 237 g/mol. The Balaban J connectivity index is 2.07. The van der Waals surface area contributed by atoms with Crippen molar-refractivity contribution in [1.29, 1.82) is 5.26 Å². The Morgan fingerprint density at radius 2 is 1.89 bits per heavy atom. The zero-order valence-corrected chi connectivity index (χ0v) is 10.6. The molecule has 0 aliphatic rings. The van der Waals surface area contributed by atoms with Crippen molar-refractivity contribution in [2.24, 2.45) is 0 Å². The number of nitrogens with zero attached hydrogens (tertiary/aromatic N) is 1. The van der Waals surface area contributed by atoms with Crippen LogP contribution in [0.4, 0.5) is 0 Å². The van der Waals surface area contributed by atoms with Gasteiger partial charge in [0.1, 0.15) is 12.4 Å². The summed E-state index contributed by atoms with van der Waals surface area (Å²) in [6, 6.07) is 15.6. The summed E-state index contributed by atoms with van der Waals surface area (Å²) in [7, 11) is 0. The van der Waals surface area contributed by atoms with Gasteiger partial charge in [-0.2, -0.15) is 5.26 Å². The Bertz CT molecular complexity index is 596. The third-order valence-electron chi connectivity index (χ3n) is 2.94. The summed E-state index contributed by atoms with van der Waals surface area (Å²) in [5.41, 5.74) is 4.31. The van der Waals surface area contributed by atoms with Gasteiger partial charge in [0.2, 0.25) is 0 Å². The first kappa shape index (κ1) is 12.2. The quantitative estimate of drug-likeness (QED) is 0.814. The number of aryl methyl sites for hydroxylation is 2. The summed E-state index contributed by atoms with van der Waals surface area (Å²) in [6.07, 6.45) is 0. The Labute approximate surface area is 107 Å². The van der Waals surface area contributed by atoms with Crippen LogP contribution in [0.1, 0.15) is 22.3 Å². The molecule has 0 saturated heterocycles. The minimum absolute atomic E-state index is 0.524. The van der Waals surface area contributed by atoms with E-state index in [0.717, 1.165) is 11.3 Å². The first-order valence-electron chi connectivity index (χ1n) is 5.88. The van der Waals surface area contributed by atoms with Crippen LogP contribution in [0.3, 0.4) is 0 Å². The SMILES string of the molecule is Cc1ccc(COc2cccc(C#N)c2)cc1C. The Morgan fingerprint density at radius 1 is 1.06 bits per heavy atom. The van der Waals surface area contributed by atoms with E-state index in [9.17, 15) is 0 Å². The first-order chi connectivity index (χ1) is 8.69. The molecule has 90 valence electrons. The normalized spacial score (nSPS) is 9.83. The van der Waals surface area contributed by atoms with Crippen molar-refractivity contribution >= 4 is 0 Å². The third kappa shape index (κ3) is 2.89. The Kier molecular flexibility index (Phi) is 3.64. The lowest BCUT2D eigenvalue weighted by Gasteiger charge is -2.08. The van der Waals surface area contributed by atoms with Crippen LogP contribution in [0.2, 0.25) is 0 Å². The van der Waals surface area contributed by atoms with E-state index in [0.29, 0.717) is 12.2 Å². The molecule has 2 heteroatoms. The molecule has 2 rings (SSSR count). The maximum absolute atomic E-state index is 8.81. The predicted octanol–water partition coefficient (Wildman–Crippen LogP) is 3.75. The van der Waals surface area contributed by atoms with E-state index in [1.807, 2.05) is 12.1 Å². The molecule has 0 N–H and O–H groups in total. The van der Waals surface area contributed by atoms with Crippen molar-refractivity contribution < 1.29 is 4.74 Å². The summed E-state index contributed by atoms with van der Waals surface area (Å²) >= 11 is 0. The third-order valence-corrected chi connectivity index (χ3v) is 2.94. The second-order valence-electron chi connectivity index (χ2n) is 4.35. The van der Waals surface area contributed by atoms with Crippen LogP contribution < -0.4 is 4.74 Å². The molecule has 2 nitrogen and oxygen atoms in total. The fourth-order valence-electron chi connectivity index (χ4n) is 1.72. The van der Waals surface area contributed by atoms with E-state index in [1.165, 1.54) is 11.1 Å². The zero-order valence-electron chi connectivity index (χ0n) is 10.6. The van der Waals surface area contributed by atoms with Crippen LogP contribution in [0, 0.1) is 25.2 Å². The van der Waals surface area contributed by atoms with Crippen molar-refractivity contribution in [3.63, 3.8) is 0 Å². The van der Waals surface area contributed by atoms with E-state index in [-0.39, 0.29) is 0 Å². The summed E-state index contributed by atoms with van der Waals surface area (Å²) in [6.45, 7) is 4.71. The maximum Gasteiger partial charge on any atom is 0.121 e. The van der Waals surface area contributed by atoms with Gasteiger partial charge < -0.3 is 4.74 Å². The highest BCUT2D eigenvalue weighted by Gasteiger charge is 1.99. The van der Waals surface area contributed by atoms with Crippen molar-refractivity contribution in [1.82, 2.24) is 0 Å². The lowest BCUT2D eigenvalue weighted by molar-refractivity contribution is 0.306. The van der Waals surface area contributed by atoms with Crippen LogP contribution >= 0.6 is 0 Å². The second-order valence-corrected chi connectivity index (χ2v) is 4.35. The smallest absolute Gasteiger partial charge is 0.121 e. The minimum atomic E-state index is 0.524. The fourth-order valence-corrected chi connectivity index (χ4v) is 1.72. The molecule has 0 bridgehead atoms. The molecule has 0 aliphatic carbocycles. The van der Waals surface area contributed by atoms with Crippen LogP contribution in [-0.4, -0.2) is 0 Å². The lowest BCUT2D eigenvalue weighted by Crippen LogP contribution is -1.96. The van der Waals surface area contributed by atoms with E-state index in [1.54, 1.807) is 12.1 Å². The molecule has 0 heterocycles. The monoisotopic (exact) mass is 237 g/mol. The van der Waals surface area contributed by atoms with E-state index >= 15 is 0 Å². The molecule has 0 spiro atoms. The maximum atomic E-state index is 8.81. The molecule has 0 unspecified atom stereocenters. The lowest BCUT2D eigenvalue weighted by atomic mass is 10.1. The van der Waals surface area contributed by atoms with Crippen LogP contribution in [-0.2, 0) is 6.61 Å². The van der Waals surface area contributed by atoms with Gasteiger partial charge in [0, 0.05) is 0 Å². The number of ether oxygens (including phenoxy) is 1. The van der Waals surface area contributed by atoms with Crippen LogP contribution in [0.5, 0.6) is 5.75 Å². The molecule has 0 atom stereocenters. The molecule has 0 aromatic heterocycles. The zero-order chi connectivity index (χ0) is 13.0. The molecular weight excluding hydrogens is 222 g/mol. The van der Waals surface area contributed by atoms with Crippen molar-refractivity contribution in [3.8, 4) is 11.8 Å². The standard InChI is InChI=1S/C16H15NO/c1-12-6-7-15(8-13(12)2)11-18-16-5-3-4-14(9-16)10-17/h3-9H,11H2,1-2H3. The molecule has 0 aliphatic heterocycles. The van der Waals surface area contributed by atoms with Crippen LogP contribution in [0.15, 0.2) is 42.5 Å². The van der Waals surface area contributed by atoms with Crippen LogP contribution in [0.25, 0.3) is 0 Å². The topological polar surface area (TPSA) is 33.0 Å². The predicted molar refractivity (Wildman–Crippen MR) is 71.4 cm³/mol. The summed E-state index contributed by atoms with van der Waals surface area (Å²) in [5, 5.41) is 8.81. The number of nitriles is 1. The van der Waals surface area contributed by atoms with E-state index in [4.69, 9.17) is 10.00 Å². The summed E-state index contributed by atoms with van der Waals surface area (Å²) < 4.78 is 5.68. The number of benzene rings is 2. The van der Waals surface area contributed by atoms with E-state index < -0.39 is 0 Å². The fraction of sp³-hybridized carbons (Fsp3) is 0.188. The molecule has 0 amide bonds. The van der Waals surface area contributed by atoms with Gasteiger partial charge in [0.15, 0.2) is 0 Å². The molecule has 2 aromatic rings. The van der Waals surface area contributed by atoms with E-state index in [2.05, 4.69) is 38.1 Å². The average Bonchev–Trinajstić information content (AvgIpc) is 2.40. The Morgan fingerprint density at radius 3 is 2.61 bits per heavy atom. The van der Waals surface area contributed by atoms with Gasteiger partial charge in [-0.25, -0.2) is 0 Å². The largest absolute Gasteiger partial charge is 0.489 e. The van der Waals surface area contributed by atoms with Gasteiger partial charge in [-0.1, -0.05) is 24.3 Å². The summed E-state index contributed by atoms with van der Waals surface area (Å²) in [5.74, 6) is 0.729. The van der Waals surface area contributed by atoms with Gasteiger partial charge in [-0.3, -0.25) is 0 Å². The van der Waals surface area contributed by atoms with Gasteiger partial charge in [-0.05, 0) is 48.7 Å². The van der Waals surface area contributed by atoms with Gasteiger partial charge >= 0.3 is 0 Å². The second kappa shape index (κ2) is 5.37. The number of hydrogen-bond donors (Lipinski definition) is 0. The van der Waals surface area contributed by atoms with Gasteiger partial charge in [-0.15, -0.1) is 0 Å². The molecular formula is C16H15NO. The molecule has 0 radical (unpaired) electrons. The Hall–Kier alpha value is -2.27. The highest BCUT2D eigenvalue weighted by atomic mass is 16.5. The minimum Gasteiger partial charge on any atom is -0.489 e.